The van der Waals surface area contributed by atoms with E-state index in [2.05, 4.69) is 15.4 Å². The monoisotopic (exact) mass is 231 g/mol. The maximum absolute atomic E-state index is 12.0. The molecule has 0 aliphatic rings. The molecule has 0 atom stereocenters. The first kappa shape index (κ1) is 11.1. The molecule has 1 amide bonds. The highest BCUT2D eigenvalue weighted by molar-refractivity contribution is 6.04. The number of hydrogen-bond donors (Lipinski definition) is 2. The molecule has 2 aromatic rings. The van der Waals surface area contributed by atoms with E-state index in [4.69, 9.17) is 5.73 Å². The Kier molecular flexibility index (Phi) is 2.78. The van der Waals surface area contributed by atoms with Crippen LogP contribution in [0.5, 0.6) is 0 Å². The van der Waals surface area contributed by atoms with Crippen molar-refractivity contribution in [3.63, 3.8) is 0 Å². The van der Waals surface area contributed by atoms with Crippen molar-refractivity contribution in [2.75, 3.05) is 11.1 Å². The Morgan fingerprint density at radius 2 is 2.24 bits per heavy atom. The lowest BCUT2D eigenvalue weighted by molar-refractivity contribution is 0.102. The molecule has 1 aromatic carbocycles. The molecule has 0 bridgehead atoms. The number of nitrogens with one attached hydrogen (secondary N) is 1. The molecule has 0 unspecified atom stereocenters. The molecule has 1 heterocycles. The summed E-state index contributed by atoms with van der Waals surface area (Å²) in [5.74, 6) is 0.185. The Balaban J connectivity index is 2.23. The van der Waals surface area contributed by atoms with Gasteiger partial charge in [-0.05, 0) is 30.7 Å². The van der Waals surface area contributed by atoms with Gasteiger partial charge < -0.3 is 5.73 Å². The molecule has 0 saturated heterocycles. The van der Waals surface area contributed by atoms with Crippen LogP contribution in [0.25, 0.3) is 0 Å². The van der Waals surface area contributed by atoms with Crippen LogP contribution in [0.2, 0.25) is 0 Å². The molecule has 3 N–H and O–H groups in total. The molecule has 1 aromatic heterocycles. The zero-order chi connectivity index (χ0) is 12.4. The number of aryl methyl sites for hydroxylation is 2. The Labute approximate surface area is 98.5 Å². The topological polar surface area (TPSA) is 85.8 Å². The Morgan fingerprint density at radius 1 is 1.47 bits per heavy atom. The van der Waals surface area contributed by atoms with E-state index in [1.54, 1.807) is 25.2 Å². The van der Waals surface area contributed by atoms with Crippen molar-refractivity contribution in [3.8, 4) is 0 Å². The van der Waals surface area contributed by atoms with Gasteiger partial charge in [-0.25, -0.2) is 4.68 Å². The van der Waals surface area contributed by atoms with Gasteiger partial charge in [0.15, 0.2) is 0 Å². The summed E-state index contributed by atoms with van der Waals surface area (Å²) in [7, 11) is 1.71. The van der Waals surface area contributed by atoms with Gasteiger partial charge in [0.1, 0.15) is 6.33 Å². The Bertz CT molecular complexity index is 561. The fraction of sp³-hybridized carbons (Fsp3) is 0.182. The van der Waals surface area contributed by atoms with Crippen LogP contribution in [0.15, 0.2) is 24.5 Å². The number of carbonyl (C=O) groups is 1. The lowest BCUT2D eigenvalue weighted by atomic mass is 10.1. The van der Waals surface area contributed by atoms with Gasteiger partial charge in [-0.15, -0.1) is 0 Å². The van der Waals surface area contributed by atoms with E-state index in [0.29, 0.717) is 17.2 Å². The molecule has 0 saturated carbocycles. The average Bonchev–Trinajstić information content (AvgIpc) is 2.64. The Hall–Kier alpha value is -2.37. The number of rotatable bonds is 2. The van der Waals surface area contributed by atoms with Crippen LogP contribution in [0.3, 0.4) is 0 Å². The molecule has 0 radical (unpaired) electrons. The van der Waals surface area contributed by atoms with Crippen LogP contribution in [0.1, 0.15) is 15.9 Å². The van der Waals surface area contributed by atoms with Gasteiger partial charge in [-0.1, -0.05) is 0 Å². The number of carbonyl (C=O) groups excluding carboxylic acids is 1. The van der Waals surface area contributed by atoms with Crippen molar-refractivity contribution >= 4 is 17.5 Å². The van der Waals surface area contributed by atoms with Crippen molar-refractivity contribution in [2.45, 2.75) is 6.92 Å². The summed E-state index contributed by atoms with van der Waals surface area (Å²) in [6.45, 7) is 1.84. The first-order valence-corrected chi connectivity index (χ1v) is 5.09. The molecule has 2 rings (SSSR count). The van der Waals surface area contributed by atoms with Crippen LogP contribution < -0.4 is 11.1 Å². The molecule has 0 fully saturated rings. The largest absolute Gasteiger partial charge is 0.399 e. The number of nitrogen functional groups attached to an aromatic ring is 1. The van der Waals surface area contributed by atoms with Gasteiger partial charge >= 0.3 is 0 Å². The van der Waals surface area contributed by atoms with E-state index in [0.717, 1.165) is 5.56 Å². The third-order valence-corrected chi connectivity index (χ3v) is 2.43. The first-order valence-electron chi connectivity index (χ1n) is 5.09. The second-order valence-electron chi connectivity index (χ2n) is 3.74. The van der Waals surface area contributed by atoms with Gasteiger partial charge in [-0.3, -0.25) is 10.1 Å². The lowest BCUT2D eigenvalue weighted by Gasteiger charge is -2.07. The summed E-state index contributed by atoms with van der Waals surface area (Å²) >= 11 is 0. The van der Waals surface area contributed by atoms with E-state index in [1.165, 1.54) is 11.0 Å². The SMILES string of the molecule is Cc1cc(N)ccc1C(=O)Nc1ncnn1C. The van der Waals surface area contributed by atoms with Crippen LogP contribution in [0, 0.1) is 6.92 Å². The number of nitrogens with zero attached hydrogens (tertiary/aromatic N) is 3. The molecule has 88 valence electrons. The van der Waals surface area contributed by atoms with Gasteiger partial charge in [0.25, 0.3) is 5.91 Å². The summed E-state index contributed by atoms with van der Waals surface area (Å²) < 4.78 is 1.49. The first-order chi connectivity index (χ1) is 8.08. The quantitative estimate of drug-likeness (QED) is 0.754. The molecular formula is C11H13N5O. The standard InChI is InChI=1S/C11H13N5O/c1-7-5-8(12)3-4-9(7)10(17)15-11-13-6-14-16(11)2/h3-6H,12H2,1-2H3,(H,13,14,15,17). The highest BCUT2D eigenvalue weighted by Gasteiger charge is 2.11. The van der Waals surface area contributed by atoms with E-state index in [9.17, 15) is 4.79 Å². The van der Waals surface area contributed by atoms with Gasteiger partial charge in [0.05, 0.1) is 0 Å². The minimum Gasteiger partial charge on any atom is -0.399 e. The molecule has 0 spiro atoms. The number of nitrogens with two attached hydrogens (primary N) is 1. The number of aromatic nitrogens is 3. The predicted molar refractivity (Wildman–Crippen MR) is 64.5 cm³/mol. The minimum atomic E-state index is -0.224. The fourth-order valence-corrected chi connectivity index (χ4v) is 1.52. The second kappa shape index (κ2) is 4.25. The summed E-state index contributed by atoms with van der Waals surface area (Å²) in [4.78, 5) is 15.9. The van der Waals surface area contributed by atoms with Crippen LogP contribution in [-0.4, -0.2) is 20.7 Å². The zero-order valence-electron chi connectivity index (χ0n) is 9.64. The fourth-order valence-electron chi connectivity index (χ4n) is 1.52. The van der Waals surface area contributed by atoms with Crippen molar-refractivity contribution in [1.29, 1.82) is 0 Å². The van der Waals surface area contributed by atoms with E-state index < -0.39 is 0 Å². The highest BCUT2D eigenvalue weighted by atomic mass is 16.1. The van der Waals surface area contributed by atoms with Crippen molar-refractivity contribution in [2.24, 2.45) is 7.05 Å². The number of benzene rings is 1. The number of anilines is 2. The molecule has 6 heteroatoms. The summed E-state index contributed by atoms with van der Waals surface area (Å²) in [6.07, 6.45) is 1.38. The van der Waals surface area contributed by atoms with Crippen molar-refractivity contribution < 1.29 is 4.79 Å². The zero-order valence-corrected chi connectivity index (χ0v) is 9.64. The molecular weight excluding hydrogens is 218 g/mol. The normalized spacial score (nSPS) is 10.2. The maximum atomic E-state index is 12.0. The average molecular weight is 231 g/mol. The van der Waals surface area contributed by atoms with E-state index in [-0.39, 0.29) is 5.91 Å². The summed E-state index contributed by atoms with van der Waals surface area (Å²) in [6, 6.07) is 5.14. The molecule has 17 heavy (non-hydrogen) atoms. The molecule has 6 nitrogen and oxygen atoms in total. The predicted octanol–water partition coefficient (Wildman–Crippen LogP) is 0.958. The molecule has 0 aliphatic heterocycles. The smallest absolute Gasteiger partial charge is 0.258 e. The van der Waals surface area contributed by atoms with Gasteiger partial charge in [0.2, 0.25) is 5.95 Å². The maximum Gasteiger partial charge on any atom is 0.258 e. The number of amides is 1. The van der Waals surface area contributed by atoms with E-state index in [1.807, 2.05) is 6.92 Å². The highest BCUT2D eigenvalue weighted by Crippen LogP contribution is 2.13. The van der Waals surface area contributed by atoms with Crippen molar-refractivity contribution in [1.82, 2.24) is 14.8 Å². The summed E-state index contributed by atoms with van der Waals surface area (Å²) in [5.41, 5.74) is 7.66. The minimum absolute atomic E-state index is 0.224. The van der Waals surface area contributed by atoms with Gasteiger partial charge in [0, 0.05) is 18.3 Å². The Morgan fingerprint density at radius 3 is 2.82 bits per heavy atom. The van der Waals surface area contributed by atoms with E-state index >= 15 is 0 Å². The number of hydrogen-bond acceptors (Lipinski definition) is 4. The third-order valence-electron chi connectivity index (χ3n) is 2.43. The second-order valence-corrected chi connectivity index (χ2v) is 3.74. The summed E-state index contributed by atoms with van der Waals surface area (Å²) in [5, 5.41) is 6.55. The van der Waals surface area contributed by atoms with Gasteiger partial charge in [-0.2, -0.15) is 10.1 Å². The third kappa shape index (κ3) is 2.25. The van der Waals surface area contributed by atoms with Crippen molar-refractivity contribution in [3.05, 3.63) is 35.7 Å². The lowest BCUT2D eigenvalue weighted by Crippen LogP contribution is -2.16. The van der Waals surface area contributed by atoms with Crippen LogP contribution in [0.4, 0.5) is 11.6 Å². The van der Waals surface area contributed by atoms with Crippen LogP contribution >= 0.6 is 0 Å². The molecule has 0 aliphatic carbocycles. The van der Waals surface area contributed by atoms with Crippen LogP contribution in [-0.2, 0) is 7.05 Å².